The molecule has 0 fully saturated rings. The van der Waals surface area contributed by atoms with Crippen molar-refractivity contribution in [3.63, 3.8) is 0 Å². The second kappa shape index (κ2) is 5.18. The summed E-state index contributed by atoms with van der Waals surface area (Å²) in [5.41, 5.74) is 1.42. The molecule has 0 radical (unpaired) electrons. The highest BCUT2D eigenvalue weighted by atomic mass is 32.2. The number of aryl methyl sites for hydroxylation is 1. The summed E-state index contributed by atoms with van der Waals surface area (Å²) in [6.45, 7) is 2.28. The Bertz CT molecular complexity index is 457. The summed E-state index contributed by atoms with van der Waals surface area (Å²) in [7, 11) is -1.44. The largest absolute Gasteiger partial charge is 0.478 e. The molecule has 0 spiro atoms. The Morgan fingerprint density at radius 2 is 2.06 bits per heavy atom. The van der Waals surface area contributed by atoms with Gasteiger partial charge in [0.05, 0.1) is 6.26 Å². The zero-order valence-corrected chi connectivity index (χ0v) is 10.4. The van der Waals surface area contributed by atoms with Crippen molar-refractivity contribution in [1.82, 2.24) is 5.32 Å². The summed E-state index contributed by atoms with van der Waals surface area (Å²) < 4.78 is 29.8. The van der Waals surface area contributed by atoms with Crippen molar-refractivity contribution >= 4 is 15.7 Å². The molecule has 2 N–H and O–H groups in total. The van der Waals surface area contributed by atoms with E-state index in [0.717, 1.165) is 17.6 Å². The molecule has 0 bridgehead atoms. The van der Waals surface area contributed by atoms with Crippen LogP contribution in [0.3, 0.4) is 0 Å². The summed E-state index contributed by atoms with van der Waals surface area (Å²) in [6.07, 6.45) is 1.12. The molecule has 6 heteroatoms. The van der Waals surface area contributed by atoms with Crippen molar-refractivity contribution in [2.24, 2.45) is 0 Å². The van der Waals surface area contributed by atoms with Crippen LogP contribution in [0.5, 0.6) is 5.75 Å². The molecule has 0 atom stereocenters. The fourth-order valence-electron chi connectivity index (χ4n) is 1.24. The van der Waals surface area contributed by atoms with E-state index in [9.17, 15) is 8.42 Å². The maximum atomic E-state index is 11.0. The lowest BCUT2D eigenvalue weighted by atomic mass is 10.2. The monoisotopic (exact) mass is 244 g/mol. The molecule has 0 saturated heterocycles. The van der Waals surface area contributed by atoms with E-state index < -0.39 is 10.0 Å². The van der Waals surface area contributed by atoms with Gasteiger partial charge in [-0.2, -0.15) is 0 Å². The van der Waals surface area contributed by atoms with Crippen LogP contribution >= 0.6 is 0 Å². The fraction of sp³-hybridized carbons (Fsp3) is 0.400. The summed E-state index contributed by atoms with van der Waals surface area (Å²) in [5, 5.41) is 2.86. The first-order valence-electron chi connectivity index (χ1n) is 4.78. The Morgan fingerprint density at radius 3 is 2.56 bits per heavy atom. The molecule has 0 saturated carbocycles. The molecule has 5 nitrogen and oxygen atoms in total. The minimum Gasteiger partial charge on any atom is -0.478 e. The number of sulfonamides is 1. The fourth-order valence-corrected chi connectivity index (χ4v) is 1.79. The van der Waals surface area contributed by atoms with Crippen LogP contribution in [0.25, 0.3) is 0 Å². The normalized spacial score (nSPS) is 11.2. The van der Waals surface area contributed by atoms with E-state index in [1.165, 1.54) is 0 Å². The highest BCUT2D eigenvalue weighted by Crippen LogP contribution is 2.22. The van der Waals surface area contributed by atoms with Gasteiger partial charge >= 0.3 is 0 Å². The van der Waals surface area contributed by atoms with Gasteiger partial charge in [0, 0.05) is 5.69 Å². The molecule has 0 amide bonds. The lowest BCUT2D eigenvalue weighted by Gasteiger charge is -2.10. The van der Waals surface area contributed by atoms with Crippen LogP contribution in [0.2, 0.25) is 0 Å². The molecule has 0 aliphatic heterocycles. The Hall–Kier alpha value is -1.27. The second-order valence-electron chi connectivity index (χ2n) is 3.50. The van der Waals surface area contributed by atoms with Crippen molar-refractivity contribution in [1.29, 1.82) is 0 Å². The van der Waals surface area contributed by atoms with Crippen LogP contribution in [0.4, 0.5) is 5.69 Å². The van der Waals surface area contributed by atoms with Gasteiger partial charge in [-0.3, -0.25) is 10.0 Å². The highest BCUT2D eigenvalue weighted by Gasteiger charge is 2.04. The first kappa shape index (κ1) is 12.8. The molecule has 16 heavy (non-hydrogen) atoms. The van der Waals surface area contributed by atoms with Crippen molar-refractivity contribution in [3.05, 3.63) is 23.8 Å². The SMILES string of the molecule is CNCOc1ccc(NS(C)(=O)=O)cc1C. The van der Waals surface area contributed by atoms with Gasteiger partial charge in [-0.05, 0) is 37.7 Å². The minimum absolute atomic E-state index is 0.416. The quantitative estimate of drug-likeness (QED) is 0.756. The van der Waals surface area contributed by atoms with E-state index in [0.29, 0.717) is 12.4 Å². The molecule has 0 heterocycles. The van der Waals surface area contributed by atoms with E-state index in [2.05, 4.69) is 10.0 Å². The molecule has 1 rings (SSSR count). The van der Waals surface area contributed by atoms with Gasteiger partial charge in [0.25, 0.3) is 0 Å². The van der Waals surface area contributed by atoms with Crippen molar-refractivity contribution in [2.75, 3.05) is 24.8 Å². The Balaban J connectivity index is 2.82. The average Bonchev–Trinajstić information content (AvgIpc) is 2.14. The number of hydrogen-bond donors (Lipinski definition) is 2. The van der Waals surface area contributed by atoms with E-state index in [-0.39, 0.29) is 0 Å². The third kappa shape index (κ3) is 4.08. The third-order valence-corrected chi connectivity index (χ3v) is 2.46. The zero-order valence-electron chi connectivity index (χ0n) is 9.57. The summed E-state index contributed by atoms with van der Waals surface area (Å²) in [5.74, 6) is 0.730. The van der Waals surface area contributed by atoms with Gasteiger partial charge in [0.2, 0.25) is 10.0 Å². The molecule has 0 aromatic heterocycles. The van der Waals surface area contributed by atoms with Crippen LogP contribution in [0.15, 0.2) is 18.2 Å². The van der Waals surface area contributed by atoms with E-state index >= 15 is 0 Å². The molecular formula is C10H16N2O3S. The molecule has 1 aromatic rings. The van der Waals surface area contributed by atoms with Gasteiger partial charge in [-0.1, -0.05) is 0 Å². The van der Waals surface area contributed by atoms with Crippen molar-refractivity contribution in [2.45, 2.75) is 6.92 Å². The molecule has 90 valence electrons. The summed E-state index contributed by atoms with van der Waals surface area (Å²) in [4.78, 5) is 0. The number of ether oxygens (including phenoxy) is 1. The first-order valence-corrected chi connectivity index (χ1v) is 6.67. The predicted octanol–water partition coefficient (Wildman–Crippen LogP) is 0.922. The maximum absolute atomic E-state index is 11.0. The molecule has 0 aliphatic rings. The van der Waals surface area contributed by atoms with Gasteiger partial charge in [-0.25, -0.2) is 8.42 Å². The molecule has 0 aliphatic carbocycles. The first-order chi connectivity index (χ1) is 7.42. The smallest absolute Gasteiger partial charge is 0.229 e. The van der Waals surface area contributed by atoms with Crippen LogP contribution in [-0.2, 0) is 10.0 Å². The van der Waals surface area contributed by atoms with Crippen LogP contribution < -0.4 is 14.8 Å². The number of benzene rings is 1. The van der Waals surface area contributed by atoms with Crippen LogP contribution in [0, 0.1) is 6.92 Å². The number of nitrogens with one attached hydrogen (secondary N) is 2. The number of rotatable bonds is 5. The van der Waals surface area contributed by atoms with Gasteiger partial charge in [0.1, 0.15) is 12.5 Å². The van der Waals surface area contributed by atoms with E-state index in [1.54, 1.807) is 25.2 Å². The maximum Gasteiger partial charge on any atom is 0.229 e. The molecule has 0 unspecified atom stereocenters. The molecule has 1 aromatic carbocycles. The van der Waals surface area contributed by atoms with Crippen LogP contribution in [-0.4, -0.2) is 28.5 Å². The second-order valence-corrected chi connectivity index (χ2v) is 5.25. The Kier molecular flexibility index (Phi) is 4.14. The topological polar surface area (TPSA) is 67.4 Å². The van der Waals surface area contributed by atoms with Crippen LogP contribution in [0.1, 0.15) is 5.56 Å². The summed E-state index contributed by atoms with van der Waals surface area (Å²) >= 11 is 0. The highest BCUT2D eigenvalue weighted by molar-refractivity contribution is 7.92. The van der Waals surface area contributed by atoms with Crippen molar-refractivity contribution < 1.29 is 13.2 Å². The van der Waals surface area contributed by atoms with Gasteiger partial charge in [-0.15, -0.1) is 0 Å². The van der Waals surface area contributed by atoms with Gasteiger partial charge in [0.15, 0.2) is 0 Å². The van der Waals surface area contributed by atoms with E-state index in [1.807, 2.05) is 6.92 Å². The number of anilines is 1. The standard InChI is InChI=1S/C10H16N2O3S/c1-8-6-9(12-16(3,13)14)4-5-10(8)15-7-11-2/h4-6,11-12H,7H2,1-3H3. The average molecular weight is 244 g/mol. The zero-order chi connectivity index (χ0) is 12.2. The van der Waals surface area contributed by atoms with E-state index in [4.69, 9.17) is 4.74 Å². The lowest BCUT2D eigenvalue weighted by Crippen LogP contribution is -2.15. The Morgan fingerprint density at radius 1 is 1.38 bits per heavy atom. The minimum atomic E-state index is -3.23. The third-order valence-electron chi connectivity index (χ3n) is 1.85. The number of hydrogen-bond acceptors (Lipinski definition) is 4. The van der Waals surface area contributed by atoms with Gasteiger partial charge < -0.3 is 4.74 Å². The Labute approximate surface area is 95.9 Å². The molecular weight excluding hydrogens is 228 g/mol. The predicted molar refractivity (Wildman–Crippen MR) is 64.2 cm³/mol. The lowest BCUT2D eigenvalue weighted by molar-refractivity contribution is 0.294. The summed E-state index contributed by atoms with van der Waals surface area (Å²) in [6, 6.07) is 5.13. The van der Waals surface area contributed by atoms with Crippen molar-refractivity contribution in [3.8, 4) is 5.75 Å².